The standard InChI is InChI=1S/C22H21FN2O5S/c1-14-18-7-4-8-19(23)21(18)30-20(14)22(27)24-9-11-25(12-10-24)31(28,29)17-6-3-5-16(13-17)15(2)26/h3-8,13H,9-12H2,1-2H3. The van der Waals surface area contributed by atoms with E-state index in [1.165, 1.54) is 40.4 Å². The van der Waals surface area contributed by atoms with Crippen molar-refractivity contribution >= 4 is 32.7 Å². The molecule has 7 nitrogen and oxygen atoms in total. The number of amides is 1. The van der Waals surface area contributed by atoms with Crippen molar-refractivity contribution in [2.75, 3.05) is 26.2 Å². The summed E-state index contributed by atoms with van der Waals surface area (Å²) in [7, 11) is -3.80. The van der Waals surface area contributed by atoms with Crippen molar-refractivity contribution in [1.82, 2.24) is 9.21 Å². The molecule has 1 fully saturated rings. The molecule has 2 heterocycles. The van der Waals surface area contributed by atoms with Gasteiger partial charge in [-0.1, -0.05) is 24.3 Å². The molecule has 0 N–H and O–H groups in total. The number of benzene rings is 2. The second kappa shape index (κ2) is 7.90. The van der Waals surface area contributed by atoms with Gasteiger partial charge in [-0.15, -0.1) is 0 Å². The molecule has 1 aliphatic heterocycles. The van der Waals surface area contributed by atoms with E-state index in [4.69, 9.17) is 4.42 Å². The zero-order chi connectivity index (χ0) is 22.3. The van der Waals surface area contributed by atoms with Crippen LogP contribution in [0.4, 0.5) is 4.39 Å². The average Bonchev–Trinajstić information content (AvgIpc) is 3.11. The van der Waals surface area contributed by atoms with Gasteiger partial charge in [-0.05, 0) is 32.0 Å². The van der Waals surface area contributed by atoms with Crippen LogP contribution in [0.25, 0.3) is 11.0 Å². The number of Topliss-reactive ketones (excluding diaryl/α,β-unsaturated/α-hetero) is 1. The van der Waals surface area contributed by atoms with Gasteiger partial charge >= 0.3 is 0 Å². The first-order valence-electron chi connectivity index (χ1n) is 9.78. The number of halogens is 1. The molecular formula is C22H21FN2O5S. The zero-order valence-corrected chi connectivity index (χ0v) is 17.9. The summed E-state index contributed by atoms with van der Waals surface area (Å²) in [6.07, 6.45) is 0. The van der Waals surface area contributed by atoms with Crippen LogP contribution in [0.2, 0.25) is 0 Å². The fraction of sp³-hybridized carbons (Fsp3) is 0.273. The van der Waals surface area contributed by atoms with Gasteiger partial charge < -0.3 is 9.32 Å². The Labute approximate surface area is 179 Å². The van der Waals surface area contributed by atoms with Gasteiger partial charge in [0.05, 0.1) is 4.90 Å². The van der Waals surface area contributed by atoms with Crippen LogP contribution in [-0.4, -0.2) is 55.5 Å². The fourth-order valence-electron chi connectivity index (χ4n) is 3.71. The first-order valence-corrected chi connectivity index (χ1v) is 11.2. The summed E-state index contributed by atoms with van der Waals surface area (Å²) in [6.45, 7) is 3.62. The molecule has 3 aromatic rings. The lowest BCUT2D eigenvalue weighted by Crippen LogP contribution is -2.50. The summed E-state index contributed by atoms with van der Waals surface area (Å²) >= 11 is 0. The lowest BCUT2D eigenvalue weighted by Gasteiger charge is -2.33. The molecule has 0 saturated carbocycles. The van der Waals surface area contributed by atoms with Crippen LogP contribution in [0, 0.1) is 12.7 Å². The Bertz CT molecular complexity index is 1290. The van der Waals surface area contributed by atoms with E-state index in [2.05, 4.69) is 0 Å². The van der Waals surface area contributed by atoms with E-state index in [-0.39, 0.29) is 48.2 Å². The highest BCUT2D eigenvalue weighted by Crippen LogP contribution is 2.28. The predicted molar refractivity (Wildman–Crippen MR) is 112 cm³/mol. The van der Waals surface area contributed by atoms with Crippen molar-refractivity contribution in [2.24, 2.45) is 0 Å². The molecule has 1 amide bonds. The van der Waals surface area contributed by atoms with E-state index in [0.717, 1.165) is 0 Å². The number of ketones is 1. The number of furan rings is 1. The quantitative estimate of drug-likeness (QED) is 0.577. The van der Waals surface area contributed by atoms with Crippen LogP contribution in [0.3, 0.4) is 0 Å². The number of hydrogen-bond donors (Lipinski definition) is 0. The molecule has 9 heteroatoms. The maximum absolute atomic E-state index is 14.0. The van der Waals surface area contributed by atoms with Crippen molar-refractivity contribution in [3.8, 4) is 0 Å². The highest BCUT2D eigenvalue weighted by Gasteiger charge is 2.32. The molecule has 2 aromatic carbocycles. The van der Waals surface area contributed by atoms with Gasteiger partial charge in [0.25, 0.3) is 5.91 Å². The van der Waals surface area contributed by atoms with Crippen molar-refractivity contribution in [1.29, 1.82) is 0 Å². The molecule has 1 aliphatic rings. The van der Waals surface area contributed by atoms with E-state index in [1.807, 2.05) is 0 Å². The van der Waals surface area contributed by atoms with Gasteiger partial charge in [-0.2, -0.15) is 4.31 Å². The summed E-state index contributed by atoms with van der Waals surface area (Å²) in [5.41, 5.74) is 0.910. The normalized spacial score (nSPS) is 15.4. The molecule has 1 saturated heterocycles. The summed E-state index contributed by atoms with van der Waals surface area (Å²) < 4.78 is 46.7. The molecule has 0 aliphatic carbocycles. The number of hydrogen-bond acceptors (Lipinski definition) is 5. The maximum atomic E-state index is 14.0. The third kappa shape index (κ3) is 3.75. The van der Waals surface area contributed by atoms with Crippen molar-refractivity contribution in [3.05, 3.63) is 65.2 Å². The highest BCUT2D eigenvalue weighted by molar-refractivity contribution is 7.89. The maximum Gasteiger partial charge on any atom is 0.289 e. The van der Waals surface area contributed by atoms with Crippen LogP contribution in [0.15, 0.2) is 51.8 Å². The number of fused-ring (bicyclic) bond motifs is 1. The fourth-order valence-corrected chi connectivity index (χ4v) is 5.18. The molecule has 31 heavy (non-hydrogen) atoms. The minimum atomic E-state index is -3.80. The minimum absolute atomic E-state index is 0.0370. The number of carbonyl (C=O) groups excluding carboxylic acids is 2. The Balaban J connectivity index is 1.52. The van der Waals surface area contributed by atoms with Crippen LogP contribution in [0.1, 0.15) is 33.4 Å². The number of nitrogens with zero attached hydrogens (tertiary/aromatic N) is 2. The third-order valence-corrected chi connectivity index (χ3v) is 7.41. The average molecular weight is 444 g/mol. The van der Waals surface area contributed by atoms with Crippen LogP contribution in [-0.2, 0) is 10.0 Å². The Morgan fingerprint density at radius 1 is 1.03 bits per heavy atom. The highest BCUT2D eigenvalue weighted by atomic mass is 32.2. The Kier molecular flexibility index (Phi) is 5.40. The second-order valence-electron chi connectivity index (χ2n) is 7.45. The van der Waals surface area contributed by atoms with Crippen LogP contribution >= 0.6 is 0 Å². The molecule has 4 rings (SSSR count). The molecular weight excluding hydrogens is 423 g/mol. The number of carbonyl (C=O) groups is 2. The van der Waals surface area contributed by atoms with Crippen LogP contribution < -0.4 is 0 Å². The number of aryl methyl sites for hydroxylation is 1. The number of piperazine rings is 1. The minimum Gasteiger partial charge on any atom is -0.448 e. The van der Waals surface area contributed by atoms with Crippen molar-refractivity contribution in [2.45, 2.75) is 18.7 Å². The molecule has 0 radical (unpaired) electrons. The smallest absolute Gasteiger partial charge is 0.289 e. The number of sulfonamides is 1. The van der Waals surface area contributed by atoms with Gasteiger partial charge in [0.1, 0.15) is 0 Å². The van der Waals surface area contributed by atoms with Crippen molar-refractivity contribution < 1.29 is 26.8 Å². The summed E-state index contributed by atoms with van der Waals surface area (Å²) in [4.78, 5) is 26.1. The first-order chi connectivity index (χ1) is 14.7. The van der Waals surface area contributed by atoms with E-state index >= 15 is 0 Å². The second-order valence-corrected chi connectivity index (χ2v) is 9.39. The van der Waals surface area contributed by atoms with E-state index in [0.29, 0.717) is 16.5 Å². The summed E-state index contributed by atoms with van der Waals surface area (Å²) in [5, 5.41) is 0.537. The monoisotopic (exact) mass is 444 g/mol. The molecule has 0 bridgehead atoms. The first kappa shape index (κ1) is 21.2. The lowest BCUT2D eigenvalue weighted by atomic mass is 10.1. The SMILES string of the molecule is CC(=O)c1cccc(S(=O)(=O)N2CCN(C(=O)c3oc4c(F)cccc4c3C)CC2)c1. The van der Waals surface area contributed by atoms with Gasteiger partial charge in [0.2, 0.25) is 10.0 Å². The molecule has 162 valence electrons. The number of rotatable bonds is 4. The van der Waals surface area contributed by atoms with Gasteiger partial charge in [0, 0.05) is 42.7 Å². The topological polar surface area (TPSA) is 87.9 Å². The Morgan fingerprint density at radius 3 is 2.35 bits per heavy atom. The summed E-state index contributed by atoms with van der Waals surface area (Å²) in [5.74, 6) is -1.09. The molecule has 1 aromatic heterocycles. The van der Waals surface area contributed by atoms with E-state index in [9.17, 15) is 22.4 Å². The largest absolute Gasteiger partial charge is 0.448 e. The van der Waals surface area contributed by atoms with Crippen LogP contribution in [0.5, 0.6) is 0 Å². The molecule has 0 spiro atoms. The number of para-hydroxylation sites is 1. The van der Waals surface area contributed by atoms with Gasteiger partial charge in [-0.3, -0.25) is 9.59 Å². The molecule has 0 atom stereocenters. The van der Waals surface area contributed by atoms with E-state index in [1.54, 1.807) is 25.1 Å². The van der Waals surface area contributed by atoms with Gasteiger partial charge in [-0.25, -0.2) is 12.8 Å². The Hall–Kier alpha value is -3.04. The zero-order valence-electron chi connectivity index (χ0n) is 17.1. The predicted octanol–water partition coefficient (Wildman–Crippen LogP) is 3.23. The van der Waals surface area contributed by atoms with E-state index < -0.39 is 21.7 Å². The third-order valence-electron chi connectivity index (χ3n) is 5.51. The Morgan fingerprint density at radius 2 is 1.71 bits per heavy atom. The molecule has 0 unspecified atom stereocenters. The lowest BCUT2D eigenvalue weighted by molar-refractivity contribution is 0.0667. The van der Waals surface area contributed by atoms with Crippen molar-refractivity contribution in [3.63, 3.8) is 0 Å². The summed E-state index contributed by atoms with van der Waals surface area (Å²) in [6, 6.07) is 10.4. The van der Waals surface area contributed by atoms with Gasteiger partial charge in [0.15, 0.2) is 22.9 Å².